The van der Waals surface area contributed by atoms with E-state index in [9.17, 15) is 4.39 Å². The van der Waals surface area contributed by atoms with Crippen molar-refractivity contribution in [1.82, 2.24) is 9.88 Å². The Morgan fingerprint density at radius 3 is 2.65 bits per heavy atom. The van der Waals surface area contributed by atoms with E-state index in [1.165, 1.54) is 6.07 Å². The number of halogens is 2. The Morgan fingerprint density at radius 1 is 1.20 bits per heavy atom. The summed E-state index contributed by atoms with van der Waals surface area (Å²) in [5.41, 5.74) is 1.44. The Hall–Kier alpha value is -1.65. The molecular weight excluding hydrogens is 277 g/mol. The van der Waals surface area contributed by atoms with Crippen LogP contribution < -0.4 is 5.32 Å². The zero-order chi connectivity index (χ0) is 14.5. The van der Waals surface area contributed by atoms with Crippen molar-refractivity contribution < 1.29 is 4.39 Å². The SMILES string of the molecule is CNc1ccc(Cl)c(CN(C)Cc2ccccc2F)n1. The zero-order valence-electron chi connectivity index (χ0n) is 11.5. The molecule has 1 aromatic heterocycles. The molecule has 2 aromatic rings. The van der Waals surface area contributed by atoms with Crippen LogP contribution in [-0.2, 0) is 13.1 Å². The summed E-state index contributed by atoms with van der Waals surface area (Å²) >= 11 is 6.14. The van der Waals surface area contributed by atoms with Gasteiger partial charge in [-0.25, -0.2) is 9.37 Å². The van der Waals surface area contributed by atoms with Gasteiger partial charge in [-0.2, -0.15) is 0 Å². The van der Waals surface area contributed by atoms with Gasteiger partial charge in [-0.3, -0.25) is 4.90 Å². The van der Waals surface area contributed by atoms with Crippen LogP contribution >= 0.6 is 11.6 Å². The Labute approximate surface area is 123 Å². The van der Waals surface area contributed by atoms with Crippen molar-refractivity contribution in [3.05, 3.63) is 58.5 Å². The molecule has 0 spiro atoms. The first kappa shape index (κ1) is 14.8. The largest absolute Gasteiger partial charge is 0.373 e. The summed E-state index contributed by atoms with van der Waals surface area (Å²) in [6, 6.07) is 10.4. The number of benzene rings is 1. The molecule has 1 N–H and O–H groups in total. The van der Waals surface area contributed by atoms with E-state index in [0.717, 1.165) is 11.5 Å². The van der Waals surface area contributed by atoms with E-state index in [1.54, 1.807) is 12.1 Å². The van der Waals surface area contributed by atoms with Gasteiger partial charge in [0.05, 0.1) is 10.7 Å². The summed E-state index contributed by atoms with van der Waals surface area (Å²) < 4.78 is 13.6. The van der Waals surface area contributed by atoms with Gasteiger partial charge >= 0.3 is 0 Å². The van der Waals surface area contributed by atoms with Gasteiger partial charge < -0.3 is 5.32 Å². The maximum atomic E-state index is 13.6. The summed E-state index contributed by atoms with van der Waals surface area (Å²) in [6.07, 6.45) is 0. The fourth-order valence-electron chi connectivity index (χ4n) is 1.96. The molecule has 0 aliphatic rings. The number of pyridine rings is 1. The fourth-order valence-corrected chi connectivity index (χ4v) is 2.13. The van der Waals surface area contributed by atoms with Crippen molar-refractivity contribution in [1.29, 1.82) is 0 Å². The Morgan fingerprint density at radius 2 is 1.95 bits per heavy atom. The predicted molar refractivity (Wildman–Crippen MR) is 80.4 cm³/mol. The monoisotopic (exact) mass is 293 g/mol. The van der Waals surface area contributed by atoms with Gasteiger partial charge in [-0.1, -0.05) is 29.8 Å². The molecule has 2 rings (SSSR count). The number of anilines is 1. The normalized spacial score (nSPS) is 10.8. The quantitative estimate of drug-likeness (QED) is 0.914. The zero-order valence-corrected chi connectivity index (χ0v) is 12.3. The van der Waals surface area contributed by atoms with Crippen molar-refractivity contribution in [2.75, 3.05) is 19.4 Å². The third kappa shape index (κ3) is 3.68. The lowest BCUT2D eigenvalue weighted by Gasteiger charge is -2.17. The van der Waals surface area contributed by atoms with E-state index < -0.39 is 0 Å². The highest BCUT2D eigenvalue weighted by molar-refractivity contribution is 6.31. The van der Waals surface area contributed by atoms with Crippen LogP contribution in [-0.4, -0.2) is 24.0 Å². The van der Waals surface area contributed by atoms with Crippen LogP contribution in [0.2, 0.25) is 5.02 Å². The second kappa shape index (κ2) is 6.68. The molecule has 3 nitrogen and oxygen atoms in total. The van der Waals surface area contributed by atoms with Crippen molar-refractivity contribution >= 4 is 17.4 Å². The first-order valence-corrected chi connectivity index (χ1v) is 6.73. The second-order valence-corrected chi connectivity index (χ2v) is 5.05. The summed E-state index contributed by atoms with van der Waals surface area (Å²) in [6.45, 7) is 1.07. The lowest BCUT2D eigenvalue weighted by molar-refractivity contribution is 0.310. The molecule has 5 heteroatoms. The van der Waals surface area contributed by atoms with Crippen LogP contribution in [0.4, 0.5) is 10.2 Å². The van der Waals surface area contributed by atoms with E-state index in [-0.39, 0.29) is 5.82 Å². The third-order valence-electron chi connectivity index (χ3n) is 2.99. The van der Waals surface area contributed by atoms with E-state index in [2.05, 4.69) is 10.3 Å². The summed E-state index contributed by atoms with van der Waals surface area (Å²) in [4.78, 5) is 6.39. The molecule has 20 heavy (non-hydrogen) atoms. The molecule has 0 saturated heterocycles. The van der Waals surface area contributed by atoms with Gasteiger partial charge in [0, 0.05) is 25.7 Å². The standard InChI is InChI=1S/C15H17ClFN3/c1-18-15-8-7-12(16)14(19-15)10-20(2)9-11-5-3-4-6-13(11)17/h3-8H,9-10H2,1-2H3,(H,18,19). The first-order valence-electron chi connectivity index (χ1n) is 6.35. The molecule has 0 saturated carbocycles. The number of rotatable bonds is 5. The number of nitrogens with zero attached hydrogens (tertiary/aromatic N) is 2. The number of hydrogen-bond donors (Lipinski definition) is 1. The molecule has 0 aliphatic carbocycles. The van der Waals surface area contributed by atoms with Crippen LogP contribution in [0.25, 0.3) is 0 Å². The average molecular weight is 294 g/mol. The molecule has 0 radical (unpaired) electrons. The highest BCUT2D eigenvalue weighted by atomic mass is 35.5. The Kier molecular flexibility index (Phi) is 4.93. The third-order valence-corrected chi connectivity index (χ3v) is 3.34. The van der Waals surface area contributed by atoms with Gasteiger partial charge in [0.25, 0.3) is 0 Å². The van der Waals surface area contributed by atoms with Crippen LogP contribution in [0.15, 0.2) is 36.4 Å². The maximum Gasteiger partial charge on any atom is 0.127 e. The van der Waals surface area contributed by atoms with Crippen molar-refractivity contribution in [3.63, 3.8) is 0 Å². The fraction of sp³-hybridized carbons (Fsp3) is 0.267. The Balaban J connectivity index is 2.08. The van der Waals surface area contributed by atoms with Gasteiger partial charge in [0.1, 0.15) is 11.6 Å². The lowest BCUT2D eigenvalue weighted by Crippen LogP contribution is -2.19. The molecule has 0 fully saturated rings. The molecule has 106 valence electrons. The van der Waals surface area contributed by atoms with Crippen LogP contribution in [0.5, 0.6) is 0 Å². The van der Waals surface area contributed by atoms with Crippen molar-refractivity contribution in [3.8, 4) is 0 Å². The van der Waals surface area contributed by atoms with Crippen molar-refractivity contribution in [2.45, 2.75) is 13.1 Å². The minimum absolute atomic E-state index is 0.192. The minimum Gasteiger partial charge on any atom is -0.373 e. The van der Waals surface area contributed by atoms with Gasteiger partial charge in [0.2, 0.25) is 0 Å². The minimum atomic E-state index is -0.192. The first-order chi connectivity index (χ1) is 9.60. The molecule has 0 aliphatic heterocycles. The van der Waals surface area contributed by atoms with Crippen LogP contribution in [0.3, 0.4) is 0 Å². The molecule has 0 unspecified atom stereocenters. The Bertz CT molecular complexity index is 589. The molecule has 1 heterocycles. The predicted octanol–water partition coefficient (Wildman–Crippen LogP) is 3.55. The highest BCUT2D eigenvalue weighted by Crippen LogP contribution is 2.19. The number of aromatic nitrogens is 1. The van der Waals surface area contributed by atoms with E-state index >= 15 is 0 Å². The van der Waals surface area contributed by atoms with Crippen LogP contribution in [0, 0.1) is 5.82 Å². The number of hydrogen-bond acceptors (Lipinski definition) is 3. The van der Waals surface area contributed by atoms with Gasteiger partial charge in [-0.05, 0) is 25.2 Å². The summed E-state index contributed by atoms with van der Waals surface area (Å²) in [7, 11) is 3.72. The second-order valence-electron chi connectivity index (χ2n) is 4.64. The van der Waals surface area contributed by atoms with Gasteiger partial charge in [-0.15, -0.1) is 0 Å². The average Bonchev–Trinajstić information content (AvgIpc) is 2.44. The summed E-state index contributed by atoms with van der Waals surface area (Å²) in [5, 5.41) is 3.59. The van der Waals surface area contributed by atoms with Gasteiger partial charge in [0.15, 0.2) is 0 Å². The molecule has 0 atom stereocenters. The molecule has 0 bridgehead atoms. The molecular formula is C15H17ClFN3. The van der Waals surface area contributed by atoms with E-state index in [4.69, 9.17) is 11.6 Å². The molecule has 0 amide bonds. The number of nitrogens with one attached hydrogen (secondary N) is 1. The smallest absolute Gasteiger partial charge is 0.127 e. The van der Waals surface area contributed by atoms with E-state index in [1.807, 2.05) is 37.2 Å². The van der Waals surface area contributed by atoms with E-state index in [0.29, 0.717) is 23.7 Å². The molecule has 1 aromatic carbocycles. The topological polar surface area (TPSA) is 28.2 Å². The lowest BCUT2D eigenvalue weighted by atomic mass is 10.2. The summed E-state index contributed by atoms with van der Waals surface area (Å²) in [5.74, 6) is 0.575. The maximum absolute atomic E-state index is 13.6. The van der Waals surface area contributed by atoms with Crippen molar-refractivity contribution in [2.24, 2.45) is 0 Å². The highest BCUT2D eigenvalue weighted by Gasteiger charge is 2.09. The van der Waals surface area contributed by atoms with Crippen LogP contribution in [0.1, 0.15) is 11.3 Å².